The Balaban J connectivity index is 1.26. The number of rotatable bonds is 4. The Morgan fingerprint density at radius 3 is 2.53 bits per heavy atom. The van der Waals surface area contributed by atoms with E-state index in [4.69, 9.17) is 18.9 Å². The highest BCUT2D eigenvalue weighted by Gasteiger charge is 2.52. The molecule has 0 saturated carbocycles. The number of likely N-dealkylation sites (tertiary alicyclic amines) is 1. The summed E-state index contributed by atoms with van der Waals surface area (Å²) in [6.45, 7) is 8.21. The van der Waals surface area contributed by atoms with Gasteiger partial charge in [0.15, 0.2) is 0 Å². The zero-order chi connectivity index (χ0) is 22.3. The first kappa shape index (κ1) is 21.5. The second kappa shape index (κ2) is 8.19. The van der Waals surface area contributed by atoms with Crippen LogP contribution in [0.25, 0.3) is 0 Å². The van der Waals surface area contributed by atoms with Crippen LogP contribution in [-0.2, 0) is 11.3 Å². The molecule has 5 rings (SSSR count). The van der Waals surface area contributed by atoms with E-state index < -0.39 is 0 Å². The van der Waals surface area contributed by atoms with Gasteiger partial charge in [-0.2, -0.15) is 0 Å². The first-order valence-electron chi connectivity index (χ1n) is 11.5. The van der Waals surface area contributed by atoms with E-state index in [2.05, 4.69) is 34.8 Å². The van der Waals surface area contributed by atoms with Crippen LogP contribution in [0.1, 0.15) is 50.3 Å². The topological polar surface area (TPSA) is 65.9 Å². The normalized spacial score (nSPS) is 26.0. The van der Waals surface area contributed by atoms with E-state index in [1.807, 2.05) is 24.5 Å². The SMILES string of the molecule is COc1ccc2c(c1)OC(C)(C)[C@H]1CC3(CCN(Cc4cnc(OC)nc4)CC3)CO[C@H]21. The zero-order valence-corrected chi connectivity index (χ0v) is 19.5. The molecule has 0 bridgehead atoms. The molecule has 172 valence electrons. The van der Waals surface area contributed by atoms with Gasteiger partial charge in [-0.05, 0) is 63.7 Å². The molecule has 1 aromatic heterocycles. The Hall–Kier alpha value is -2.38. The van der Waals surface area contributed by atoms with Gasteiger partial charge in [0.25, 0.3) is 0 Å². The second-order valence-corrected chi connectivity index (χ2v) is 10.0. The van der Waals surface area contributed by atoms with Crippen LogP contribution in [0.15, 0.2) is 30.6 Å². The van der Waals surface area contributed by atoms with E-state index >= 15 is 0 Å². The number of ether oxygens (including phenoxy) is 4. The molecular formula is C25H33N3O4. The van der Waals surface area contributed by atoms with Gasteiger partial charge in [0.1, 0.15) is 17.1 Å². The number of methoxy groups -OCH3 is 2. The highest BCUT2D eigenvalue weighted by molar-refractivity contribution is 5.44. The third-order valence-corrected chi connectivity index (χ3v) is 7.57. The molecule has 3 aliphatic heterocycles. The number of fused-ring (bicyclic) bond motifs is 3. The van der Waals surface area contributed by atoms with Crippen LogP contribution in [0.4, 0.5) is 0 Å². The van der Waals surface area contributed by atoms with E-state index in [0.717, 1.165) is 68.1 Å². The molecule has 0 unspecified atom stereocenters. The number of hydrogen-bond donors (Lipinski definition) is 0. The van der Waals surface area contributed by atoms with Crippen LogP contribution >= 0.6 is 0 Å². The third-order valence-electron chi connectivity index (χ3n) is 7.57. The summed E-state index contributed by atoms with van der Waals surface area (Å²) in [4.78, 5) is 11.0. The fourth-order valence-corrected chi connectivity index (χ4v) is 5.58. The molecule has 7 heteroatoms. The van der Waals surface area contributed by atoms with Crippen molar-refractivity contribution >= 4 is 0 Å². The number of piperidine rings is 1. The first-order valence-corrected chi connectivity index (χ1v) is 11.5. The Kier molecular flexibility index (Phi) is 5.50. The van der Waals surface area contributed by atoms with E-state index in [1.165, 1.54) is 0 Å². The Morgan fingerprint density at radius 1 is 1.09 bits per heavy atom. The van der Waals surface area contributed by atoms with Gasteiger partial charge in [-0.15, -0.1) is 0 Å². The molecule has 1 aromatic carbocycles. The van der Waals surface area contributed by atoms with Crippen molar-refractivity contribution in [3.8, 4) is 17.5 Å². The Labute approximate surface area is 190 Å². The lowest BCUT2D eigenvalue weighted by Crippen LogP contribution is -2.54. The van der Waals surface area contributed by atoms with E-state index in [9.17, 15) is 0 Å². The van der Waals surface area contributed by atoms with Gasteiger partial charge in [0.05, 0.1) is 26.9 Å². The maximum atomic E-state index is 6.62. The van der Waals surface area contributed by atoms with Gasteiger partial charge in [-0.1, -0.05) is 0 Å². The maximum absolute atomic E-state index is 6.62. The van der Waals surface area contributed by atoms with E-state index in [0.29, 0.717) is 11.9 Å². The zero-order valence-electron chi connectivity index (χ0n) is 19.5. The average molecular weight is 440 g/mol. The van der Waals surface area contributed by atoms with Crippen molar-refractivity contribution < 1.29 is 18.9 Å². The van der Waals surface area contributed by atoms with Gasteiger partial charge in [-0.25, -0.2) is 9.97 Å². The van der Waals surface area contributed by atoms with Crippen molar-refractivity contribution in [2.75, 3.05) is 33.9 Å². The van der Waals surface area contributed by atoms with Crippen molar-refractivity contribution in [3.63, 3.8) is 0 Å². The second-order valence-electron chi connectivity index (χ2n) is 10.0. The molecule has 2 atom stereocenters. The highest BCUT2D eigenvalue weighted by atomic mass is 16.5. The molecule has 0 N–H and O–H groups in total. The fourth-order valence-electron chi connectivity index (χ4n) is 5.58. The minimum Gasteiger partial charge on any atom is -0.497 e. The molecule has 1 spiro atoms. The molecule has 0 radical (unpaired) electrons. The van der Waals surface area contributed by atoms with Gasteiger partial charge in [0, 0.05) is 42.0 Å². The number of hydrogen-bond acceptors (Lipinski definition) is 7. The van der Waals surface area contributed by atoms with Gasteiger partial charge in [-0.3, -0.25) is 4.90 Å². The smallest absolute Gasteiger partial charge is 0.316 e. The van der Waals surface area contributed by atoms with Crippen LogP contribution in [0.3, 0.4) is 0 Å². The summed E-state index contributed by atoms with van der Waals surface area (Å²) < 4.78 is 23.6. The van der Waals surface area contributed by atoms with Crippen LogP contribution in [0, 0.1) is 11.3 Å². The van der Waals surface area contributed by atoms with Crippen molar-refractivity contribution in [1.29, 1.82) is 0 Å². The predicted molar refractivity (Wildman–Crippen MR) is 120 cm³/mol. The molecular weight excluding hydrogens is 406 g/mol. The lowest BCUT2D eigenvalue weighted by atomic mass is 9.64. The molecule has 2 fully saturated rings. The summed E-state index contributed by atoms with van der Waals surface area (Å²) in [5.41, 5.74) is 2.21. The third kappa shape index (κ3) is 3.92. The van der Waals surface area contributed by atoms with Crippen molar-refractivity contribution in [3.05, 3.63) is 41.7 Å². The van der Waals surface area contributed by atoms with Gasteiger partial charge in [0.2, 0.25) is 0 Å². The lowest BCUT2D eigenvalue weighted by Gasteiger charge is -2.54. The molecule has 2 aromatic rings. The number of nitrogens with zero attached hydrogens (tertiary/aromatic N) is 3. The summed E-state index contributed by atoms with van der Waals surface area (Å²) in [6.07, 6.45) is 7.21. The van der Waals surface area contributed by atoms with Crippen LogP contribution in [0.2, 0.25) is 0 Å². The van der Waals surface area contributed by atoms with E-state index in [1.54, 1.807) is 14.2 Å². The minimum absolute atomic E-state index is 0.0831. The molecule has 32 heavy (non-hydrogen) atoms. The predicted octanol–water partition coefficient (Wildman–Crippen LogP) is 4.02. The fraction of sp³-hybridized carbons (Fsp3) is 0.600. The maximum Gasteiger partial charge on any atom is 0.316 e. The average Bonchev–Trinajstić information content (AvgIpc) is 2.81. The molecule has 7 nitrogen and oxygen atoms in total. The summed E-state index contributed by atoms with van der Waals surface area (Å²) in [6, 6.07) is 6.52. The molecule has 4 heterocycles. The van der Waals surface area contributed by atoms with Crippen molar-refractivity contribution in [2.45, 2.75) is 51.4 Å². The lowest BCUT2D eigenvalue weighted by molar-refractivity contribution is -0.174. The largest absolute Gasteiger partial charge is 0.497 e. The summed E-state index contributed by atoms with van der Waals surface area (Å²) >= 11 is 0. The van der Waals surface area contributed by atoms with Crippen LogP contribution in [0.5, 0.6) is 17.5 Å². The standard InChI is InChI=1S/C25H33N3O4/c1-24(2)20-12-25(16-31-22(20)19-6-5-18(29-3)11-21(19)32-24)7-9-28(10-8-25)15-17-13-26-23(30-4)27-14-17/h5-6,11,13-14,20,22H,7-10,12,15-16H2,1-4H3/t20-,22+/m0/s1. The molecule has 3 aliphatic rings. The molecule has 2 saturated heterocycles. The Bertz CT molecular complexity index is 954. The van der Waals surface area contributed by atoms with Crippen molar-refractivity contribution in [1.82, 2.24) is 14.9 Å². The number of aromatic nitrogens is 2. The summed E-state index contributed by atoms with van der Waals surface area (Å²) in [5.74, 6) is 2.04. The van der Waals surface area contributed by atoms with E-state index in [-0.39, 0.29) is 17.1 Å². The van der Waals surface area contributed by atoms with Crippen LogP contribution < -0.4 is 14.2 Å². The quantitative estimate of drug-likeness (QED) is 0.713. The summed E-state index contributed by atoms with van der Waals surface area (Å²) in [5, 5.41) is 0. The number of benzene rings is 1. The summed E-state index contributed by atoms with van der Waals surface area (Å²) in [7, 11) is 3.28. The molecule has 0 amide bonds. The monoisotopic (exact) mass is 439 g/mol. The van der Waals surface area contributed by atoms with Gasteiger partial charge < -0.3 is 18.9 Å². The van der Waals surface area contributed by atoms with Gasteiger partial charge >= 0.3 is 6.01 Å². The highest BCUT2D eigenvalue weighted by Crippen LogP contribution is 2.55. The van der Waals surface area contributed by atoms with Crippen LogP contribution in [-0.4, -0.2) is 54.4 Å². The van der Waals surface area contributed by atoms with Crippen molar-refractivity contribution in [2.24, 2.45) is 11.3 Å². The minimum atomic E-state index is -0.283. The first-order chi connectivity index (χ1) is 15.4. The Morgan fingerprint density at radius 2 is 1.84 bits per heavy atom. The molecule has 0 aliphatic carbocycles.